The molecule has 0 bridgehead atoms. The summed E-state index contributed by atoms with van der Waals surface area (Å²) in [5.74, 6) is 1.91. The Morgan fingerprint density at radius 2 is 1.73 bits per heavy atom. The zero-order valence-electron chi connectivity index (χ0n) is 22.1. The summed E-state index contributed by atoms with van der Waals surface area (Å²) in [6, 6.07) is 8.29. The molecule has 0 N–H and O–H groups in total. The minimum atomic E-state index is -3.34. The van der Waals surface area contributed by atoms with E-state index >= 15 is 0 Å². The van der Waals surface area contributed by atoms with Gasteiger partial charge in [-0.3, -0.25) is 0 Å². The van der Waals surface area contributed by atoms with Gasteiger partial charge in [-0.1, -0.05) is 72.8 Å². The number of hydrogen-bond acceptors (Lipinski definition) is 4. The van der Waals surface area contributed by atoms with E-state index in [1.807, 2.05) is 26.0 Å². The summed E-state index contributed by atoms with van der Waals surface area (Å²) in [6.07, 6.45) is 4.51. The second-order valence-corrected chi connectivity index (χ2v) is 12.6. The predicted molar refractivity (Wildman–Crippen MR) is 140 cm³/mol. The van der Waals surface area contributed by atoms with Crippen molar-refractivity contribution in [3.63, 3.8) is 0 Å². The second kappa shape index (κ2) is 13.3. The molecule has 0 aliphatic rings. The molecule has 2 atom stereocenters. The van der Waals surface area contributed by atoms with Crippen LogP contribution >= 0.6 is 0 Å². The van der Waals surface area contributed by atoms with Crippen molar-refractivity contribution in [2.45, 2.75) is 93.3 Å². The van der Waals surface area contributed by atoms with Crippen LogP contribution in [0, 0.1) is 11.3 Å². The maximum Gasteiger partial charge on any atom is 0.196 e. The number of benzene rings is 1. The molecular formula is C28H46O4S. The standard InChI is InChI=1S/C28H46O4S/c1-10-11-13-27(22(4)5)33(29,30)19-12-18-31-23(6)32-25-16-14-24(15-17-25)26(20-21(2)3)28(7,8)9/h13-17,21,23,26H,4,10-12,18-20H2,1-3,5-9H3. The minimum absolute atomic E-state index is 0.0425. The zero-order valence-corrected chi connectivity index (χ0v) is 22.9. The average Bonchev–Trinajstić information content (AvgIpc) is 2.69. The smallest absolute Gasteiger partial charge is 0.196 e. The van der Waals surface area contributed by atoms with E-state index in [1.165, 1.54) is 5.56 Å². The Morgan fingerprint density at radius 1 is 1.12 bits per heavy atom. The maximum atomic E-state index is 12.6. The van der Waals surface area contributed by atoms with Crippen molar-refractivity contribution >= 4 is 9.84 Å². The van der Waals surface area contributed by atoms with E-state index < -0.39 is 16.1 Å². The molecule has 2 unspecified atom stereocenters. The van der Waals surface area contributed by atoms with Gasteiger partial charge in [-0.05, 0) is 73.6 Å². The number of sulfone groups is 1. The van der Waals surface area contributed by atoms with Crippen LogP contribution in [0.3, 0.4) is 0 Å². The normalized spacial score (nSPS) is 14.9. The van der Waals surface area contributed by atoms with Crippen LogP contribution in [0.4, 0.5) is 0 Å². The van der Waals surface area contributed by atoms with Gasteiger partial charge in [0.05, 0.1) is 17.3 Å². The molecular weight excluding hydrogens is 432 g/mol. The molecule has 0 aliphatic heterocycles. The molecule has 0 amide bonds. The van der Waals surface area contributed by atoms with Gasteiger partial charge in [-0.2, -0.15) is 0 Å². The Balaban J connectivity index is 2.61. The molecule has 0 saturated carbocycles. The summed E-state index contributed by atoms with van der Waals surface area (Å²) < 4.78 is 36.9. The fourth-order valence-electron chi connectivity index (χ4n) is 3.92. The molecule has 0 aromatic heterocycles. The van der Waals surface area contributed by atoms with Crippen molar-refractivity contribution in [3.05, 3.63) is 53.0 Å². The van der Waals surface area contributed by atoms with E-state index in [0.717, 1.165) is 25.0 Å². The van der Waals surface area contributed by atoms with Crippen LogP contribution in [-0.4, -0.2) is 27.1 Å². The lowest BCUT2D eigenvalue weighted by molar-refractivity contribution is -0.0661. The third-order valence-corrected chi connectivity index (χ3v) is 7.63. The van der Waals surface area contributed by atoms with Crippen molar-refractivity contribution in [1.29, 1.82) is 0 Å². The van der Waals surface area contributed by atoms with E-state index in [1.54, 1.807) is 13.0 Å². The lowest BCUT2D eigenvalue weighted by Gasteiger charge is -2.32. The molecule has 1 aromatic carbocycles. The van der Waals surface area contributed by atoms with Crippen LogP contribution in [0.25, 0.3) is 0 Å². The molecule has 5 heteroatoms. The number of ether oxygens (including phenoxy) is 2. The molecule has 0 aliphatic carbocycles. The summed E-state index contributed by atoms with van der Waals surface area (Å²) in [4.78, 5) is 0.361. The fourth-order valence-corrected chi connectivity index (χ4v) is 5.54. The first-order valence-corrected chi connectivity index (χ1v) is 13.9. The average molecular weight is 479 g/mol. The van der Waals surface area contributed by atoms with Crippen LogP contribution in [0.5, 0.6) is 5.75 Å². The van der Waals surface area contributed by atoms with Crippen molar-refractivity contribution in [1.82, 2.24) is 0 Å². The summed E-state index contributed by atoms with van der Waals surface area (Å²) >= 11 is 0. The van der Waals surface area contributed by atoms with Gasteiger partial charge >= 0.3 is 0 Å². The van der Waals surface area contributed by atoms with Gasteiger partial charge in [0, 0.05) is 0 Å². The Bertz CT molecular complexity index is 858. The van der Waals surface area contributed by atoms with Gasteiger partial charge in [-0.25, -0.2) is 8.42 Å². The molecule has 0 saturated heterocycles. The van der Waals surface area contributed by atoms with Crippen molar-refractivity contribution in [2.75, 3.05) is 12.4 Å². The molecule has 4 nitrogen and oxygen atoms in total. The zero-order chi connectivity index (χ0) is 25.2. The number of allylic oxidation sites excluding steroid dienone is 2. The topological polar surface area (TPSA) is 52.6 Å². The molecule has 0 radical (unpaired) electrons. The Labute approximate surface area is 203 Å². The summed E-state index contributed by atoms with van der Waals surface area (Å²) in [6.45, 7) is 21.1. The Kier molecular flexibility index (Phi) is 11.9. The van der Waals surface area contributed by atoms with Crippen LogP contribution in [0.2, 0.25) is 0 Å². The van der Waals surface area contributed by atoms with Crippen molar-refractivity contribution in [2.24, 2.45) is 11.3 Å². The van der Waals surface area contributed by atoms with Crippen LogP contribution in [-0.2, 0) is 14.6 Å². The second-order valence-electron chi connectivity index (χ2n) is 10.5. The highest BCUT2D eigenvalue weighted by molar-refractivity contribution is 7.95. The van der Waals surface area contributed by atoms with Gasteiger partial charge in [0.1, 0.15) is 5.75 Å². The Morgan fingerprint density at radius 3 is 2.21 bits per heavy atom. The number of rotatable bonds is 14. The van der Waals surface area contributed by atoms with Gasteiger partial charge in [0.15, 0.2) is 16.1 Å². The SMILES string of the molecule is C=C(C)C(=CCCC)S(=O)(=O)CCCOC(C)Oc1ccc(C(CC(C)C)C(C)(C)C)cc1. The van der Waals surface area contributed by atoms with Crippen molar-refractivity contribution < 1.29 is 17.9 Å². The van der Waals surface area contributed by atoms with Gasteiger partial charge in [-0.15, -0.1) is 0 Å². The maximum absolute atomic E-state index is 12.6. The molecule has 0 spiro atoms. The highest BCUT2D eigenvalue weighted by atomic mass is 32.2. The van der Waals surface area contributed by atoms with Crippen LogP contribution in [0.15, 0.2) is 47.4 Å². The summed E-state index contributed by atoms with van der Waals surface area (Å²) in [7, 11) is -3.34. The first kappa shape index (κ1) is 29.4. The lowest BCUT2D eigenvalue weighted by atomic mass is 9.72. The fraction of sp³-hybridized carbons (Fsp3) is 0.643. The first-order valence-electron chi connectivity index (χ1n) is 12.2. The first-order chi connectivity index (χ1) is 15.3. The monoisotopic (exact) mass is 478 g/mol. The number of unbranched alkanes of at least 4 members (excludes halogenated alkanes) is 1. The largest absolute Gasteiger partial charge is 0.465 e. The predicted octanol–water partition coefficient (Wildman–Crippen LogP) is 7.67. The molecule has 33 heavy (non-hydrogen) atoms. The van der Waals surface area contributed by atoms with Gasteiger partial charge in [0.25, 0.3) is 0 Å². The van der Waals surface area contributed by atoms with Gasteiger partial charge < -0.3 is 9.47 Å². The van der Waals surface area contributed by atoms with Crippen LogP contribution in [0.1, 0.15) is 92.6 Å². The minimum Gasteiger partial charge on any atom is -0.465 e. The molecule has 188 valence electrons. The summed E-state index contributed by atoms with van der Waals surface area (Å²) in [5, 5.41) is 0. The van der Waals surface area contributed by atoms with Crippen molar-refractivity contribution in [3.8, 4) is 5.75 Å². The van der Waals surface area contributed by atoms with E-state index in [2.05, 4.69) is 53.3 Å². The highest BCUT2D eigenvalue weighted by Gasteiger charge is 2.27. The quantitative estimate of drug-likeness (QED) is 0.156. The molecule has 0 heterocycles. The summed E-state index contributed by atoms with van der Waals surface area (Å²) in [5.41, 5.74) is 2.11. The van der Waals surface area contributed by atoms with E-state index in [4.69, 9.17) is 9.47 Å². The van der Waals surface area contributed by atoms with Gasteiger partial charge in [0.2, 0.25) is 0 Å². The van der Waals surface area contributed by atoms with E-state index in [-0.39, 0.29) is 11.2 Å². The third kappa shape index (κ3) is 10.5. The Hall–Kier alpha value is -1.59. The lowest BCUT2D eigenvalue weighted by Crippen LogP contribution is -2.21. The molecule has 1 rings (SSSR count). The van der Waals surface area contributed by atoms with E-state index in [9.17, 15) is 8.42 Å². The van der Waals surface area contributed by atoms with E-state index in [0.29, 0.717) is 35.3 Å². The number of hydrogen-bond donors (Lipinski definition) is 0. The molecule has 1 aromatic rings. The third-order valence-electron chi connectivity index (χ3n) is 5.62. The highest BCUT2D eigenvalue weighted by Crippen LogP contribution is 2.40. The van der Waals surface area contributed by atoms with Crippen LogP contribution < -0.4 is 4.74 Å². The molecule has 0 fully saturated rings.